The van der Waals surface area contributed by atoms with Gasteiger partial charge in [0.1, 0.15) is 11.5 Å². The summed E-state index contributed by atoms with van der Waals surface area (Å²) in [6.07, 6.45) is 9.23. The van der Waals surface area contributed by atoms with Crippen LogP contribution >= 0.6 is 11.8 Å². The lowest BCUT2D eigenvalue weighted by Gasteiger charge is -2.21. The molecular formula is C20H30N4O3S. The average molecular weight is 407 g/mol. The molecule has 0 spiro atoms. The van der Waals surface area contributed by atoms with Crippen LogP contribution in [0.2, 0.25) is 0 Å². The fourth-order valence-corrected chi connectivity index (χ4v) is 3.61. The van der Waals surface area contributed by atoms with E-state index in [0.29, 0.717) is 12.4 Å². The second-order valence-electron chi connectivity index (χ2n) is 6.97. The van der Waals surface area contributed by atoms with E-state index < -0.39 is 4.92 Å². The Kier molecular flexibility index (Phi) is 9.16. The zero-order valence-electron chi connectivity index (χ0n) is 16.8. The minimum absolute atomic E-state index is 0.0505. The topological polar surface area (TPSA) is 83.6 Å². The van der Waals surface area contributed by atoms with Crippen LogP contribution in [0.1, 0.15) is 31.3 Å². The van der Waals surface area contributed by atoms with Crippen molar-refractivity contribution in [1.29, 1.82) is 0 Å². The maximum absolute atomic E-state index is 10.9. The number of furan rings is 1. The Balaban J connectivity index is 1.73. The number of rotatable bonds is 12. The Hall–Kier alpha value is -2.19. The first-order valence-corrected chi connectivity index (χ1v) is 10.6. The van der Waals surface area contributed by atoms with Crippen LogP contribution in [0.4, 0.5) is 0 Å². The summed E-state index contributed by atoms with van der Waals surface area (Å²) in [5.41, 5.74) is 1.25. The Morgan fingerprint density at radius 1 is 1.39 bits per heavy atom. The zero-order chi connectivity index (χ0) is 20.4. The van der Waals surface area contributed by atoms with Crippen molar-refractivity contribution < 1.29 is 9.34 Å². The number of nitrogens with one attached hydrogen (secondary N) is 2. The molecule has 1 aromatic heterocycles. The molecule has 2 N–H and O–H groups in total. The molecule has 28 heavy (non-hydrogen) atoms. The molecule has 0 radical (unpaired) electrons. The summed E-state index contributed by atoms with van der Waals surface area (Å²) in [4.78, 5) is 12.6. The fourth-order valence-electron chi connectivity index (χ4n) is 2.86. The van der Waals surface area contributed by atoms with Gasteiger partial charge in [-0.2, -0.15) is 11.8 Å². The molecule has 0 aliphatic heterocycles. The van der Waals surface area contributed by atoms with Crippen LogP contribution < -0.4 is 10.6 Å². The Labute approximate surface area is 171 Å². The second kappa shape index (κ2) is 11.6. The van der Waals surface area contributed by atoms with Crippen LogP contribution in [0.3, 0.4) is 0 Å². The zero-order valence-corrected chi connectivity index (χ0v) is 17.6. The van der Waals surface area contributed by atoms with Gasteiger partial charge in [-0.15, -0.1) is 0 Å². The lowest BCUT2D eigenvalue weighted by molar-refractivity contribution is -0.404. The molecule has 0 saturated carbocycles. The van der Waals surface area contributed by atoms with E-state index in [-0.39, 0.29) is 6.04 Å². The van der Waals surface area contributed by atoms with Gasteiger partial charge in [0.05, 0.1) is 17.2 Å². The van der Waals surface area contributed by atoms with E-state index in [1.807, 2.05) is 33.2 Å². The van der Waals surface area contributed by atoms with E-state index in [4.69, 9.17) is 4.42 Å². The van der Waals surface area contributed by atoms with E-state index in [1.54, 1.807) is 11.8 Å². The smallest absolute Gasteiger partial charge is 0.274 e. The molecule has 1 aliphatic carbocycles. The van der Waals surface area contributed by atoms with Crippen molar-refractivity contribution in [3.05, 3.63) is 69.6 Å². The van der Waals surface area contributed by atoms with Gasteiger partial charge in [0.15, 0.2) is 5.82 Å². The molecule has 0 saturated heterocycles. The third-order valence-corrected chi connectivity index (χ3v) is 5.18. The molecule has 7 nitrogen and oxygen atoms in total. The number of hydrogen-bond donors (Lipinski definition) is 2. The van der Waals surface area contributed by atoms with Gasteiger partial charge in [-0.05, 0) is 51.6 Å². The SMILES string of the molecule is CC(NC(=C[N+](=O)[O-])NCCSCc1ccc(CN(C)C)o1)C1=CCC=CC1. The van der Waals surface area contributed by atoms with Crippen LogP contribution in [0, 0.1) is 10.1 Å². The number of allylic oxidation sites excluding steroid dienone is 3. The standard InChI is InChI=1S/C20H30N4O3S/c1-16(17-7-5-4-6-8-17)22-20(14-24(25)26)21-11-12-28-15-19-10-9-18(27-19)13-23(2)3/h4-5,8-10,14,16,21-22H,6-7,11-13,15H2,1-3H3. The first-order chi connectivity index (χ1) is 13.4. The van der Waals surface area contributed by atoms with E-state index in [0.717, 1.165) is 48.6 Å². The minimum atomic E-state index is -0.431. The number of nitro groups is 1. The monoisotopic (exact) mass is 406 g/mol. The number of hydrogen-bond acceptors (Lipinski definition) is 7. The van der Waals surface area contributed by atoms with Crippen molar-refractivity contribution in [3.63, 3.8) is 0 Å². The summed E-state index contributed by atoms with van der Waals surface area (Å²) in [6.45, 7) is 3.45. The van der Waals surface area contributed by atoms with E-state index in [2.05, 4.69) is 33.8 Å². The number of thioether (sulfide) groups is 1. The summed E-state index contributed by atoms with van der Waals surface area (Å²) in [6, 6.07) is 4.06. The fraction of sp³-hybridized carbons (Fsp3) is 0.500. The molecule has 0 amide bonds. The normalized spacial score (nSPS) is 15.4. The highest BCUT2D eigenvalue weighted by atomic mass is 32.2. The van der Waals surface area contributed by atoms with Crippen molar-refractivity contribution in [3.8, 4) is 0 Å². The number of nitrogens with zero attached hydrogens (tertiary/aromatic N) is 2. The molecule has 1 aliphatic rings. The first kappa shape index (κ1) is 22.1. The van der Waals surface area contributed by atoms with Gasteiger partial charge in [-0.3, -0.25) is 10.1 Å². The molecule has 1 heterocycles. The molecular weight excluding hydrogens is 376 g/mol. The van der Waals surface area contributed by atoms with Crippen molar-refractivity contribution in [2.75, 3.05) is 26.4 Å². The second-order valence-corrected chi connectivity index (χ2v) is 8.07. The van der Waals surface area contributed by atoms with Crippen LogP contribution in [0.5, 0.6) is 0 Å². The molecule has 1 unspecified atom stereocenters. The molecule has 8 heteroatoms. The molecule has 2 rings (SSSR count). The summed E-state index contributed by atoms with van der Waals surface area (Å²) in [5.74, 6) is 3.96. The van der Waals surface area contributed by atoms with Gasteiger partial charge in [0.25, 0.3) is 6.20 Å². The summed E-state index contributed by atoms with van der Waals surface area (Å²) in [5, 5.41) is 17.3. The van der Waals surface area contributed by atoms with Gasteiger partial charge in [-0.25, -0.2) is 0 Å². The average Bonchev–Trinajstić information content (AvgIpc) is 3.08. The predicted molar refractivity (Wildman–Crippen MR) is 114 cm³/mol. The largest absolute Gasteiger partial charge is 0.464 e. The van der Waals surface area contributed by atoms with E-state index in [1.165, 1.54) is 5.57 Å². The molecule has 154 valence electrons. The Bertz CT molecular complexity index is 725. The van der Waals surface area contributed by atoms with E-state index in [9.17, 15) is 10.1 Å². The Morgan fingerprint density at radius 3 is 2.86 bits per heavy atom. The maximum atomic E-state index is 10.9. The van der Waals surface area contributed by atoms with Crippen LogP contribution in [-0.2, 0) is 12.3 Å². The highest BCUT2D eigenvalue weighted by Crippen LogP contribution is 2.17. The summed E-state index contributed by atoms with van der Waals surface area (Å²) < 4.78 is 5.79. The lowest BCUT2D eigenvalue weighted by atomic mass is 10.00. The van der Waals surface area contributed by atoms with Gasteiger partial charge >= 0.3 is 0 Å². The molecule has 0 bridgehead atoms. The lowest BCUT2D eigenvalue weighted by Crippen LogP contribution is -2.36. The van der Waals surface area contributed by atoms with Crippen LogP contribution in [0.15, 0.2) is 52.4 Å². The van der Waals surface area contributed by atoms with E-state index >= 15 is 0 Å². The summed E-state index contributed by atoms with van der Waals surface area (Å²) in [7, 11) is 4.02. The maximum Gasteiger partial charge on any atom is 0.274 e. The van der Waals surface area contributed by atoms with Crippen molar-refractivity contribution in [2.45, 2.75) is 38.1 Å². The third-order valence-electron chi connectivity index (χ3n) is 4.19. The van der Waals surface area contributed by atoms with Crippen LogP contribution in [0.25, 0.3) is 0 Å². The quantitative estimate of drug-likeness (QED) is 0.238. The van der Waals surface area contributed by atoms with Gasteiger partial charge in [0, 0.05) is 18.3 Å². The third kappa shape index (κ3) is 8.22. The van der Waals surface area contributed by atoms with Crippen molar-refractivity contribution >= 4 is 11.8 Å². The van der Waals surface area contributed by atoms with Gasteiger partial charge in [-0.1, -0.05) is 18.2 Å². The molecule has 1 aromatic rings. The Morgan fingerprint density at radius 2 is 2.18 bits per heavy atom. The van der Waals surface area contributed by atoms with Crippen molar-refractivity contribution in [2.24, 2.45) is 0 Å². The minimum Gasteiger partial charge on any atom is -0.464 e. The molecule has 1 atom stereocenters. The molecule has 0 fully saturated rings. The predicted octanol–water partition coefficient (Wildman–Crippen LogP) is 3.49. The first-order valence-electron chi connectivity index (χ1n) is 9.43. The van der Waals surface area contributed by atoms with Crippen molar-refractivity contribution in [1.82, 2.24) is 15.5 Å². The highest BCUT2D eigenvalue weighted by Gasteiger charge is 2.12. The van der Waals surface area contributed by atoms with Crippen LogP contribution in [-0.4, -0.2) is 42.3 Å². The highest BCUT2D eigenvalue weighted by molar-refractivity contribution is 7.98. The van der Waals surface area contributed by atoms with Gasteiger partial charge < -0.3 is 20.0 Å². The molecule has 0 aromatic carbocycles. The summed E-state index contributed by atoms with van der Waals surface area (Å²) >= 11 is 1.73. The van der Waals surface area contributed by atoms with Gasteiger partial charge in [0.2, 0.25) is 0 Å².